The van der Waals surface area contributed by atoms with Gasteiger partial charge in [0.05, 0.1) is 25.5 Å². The van der Waals surface area contributed by atoms with Crippen molar-refractivity contribution in [1.82, 2.24) is 26.2 Å². The molecule has 0 radical (unpaired) electrons. The van der Waals surface area contributed by atoms with Crippen LogP contribution in [0, 0.1) is 5.92 Å². The van der Waals surface area contributed by atoms with E-state index in [1.807, 2.05) is 0 Å². The maximum atomic E-state index is 15.2. The molecule has 1 saturated heterocycles. The van der Waals surface area contributed by atoms with E-state index in [4.69, 9.17) is 4.74 Å². The minimum atomic E-state index is -4.64. The summed E-state index contributed by atoms with van der Waals surface area (Å²) in [7, 11) is 0. The van der Waals surface area contributed by atoms with E-state index in [-0.39, 0.29) is 43.0 Å². The quantitative estimate of drug-likeness (QED) is 0.395. The van der Waals surface area contributed by atoms with Gasteiger partial charge in [0.25, 0.3) is 0 Å². The molecule has 0 aromatic carbocycles. The van der Waals surface area contributed by atoms with Gasteiger partial charge in [0.15, 0.2) is 0 Å². The molecule has 2 aliphatic carbocycles. The largest absolute Gasteiger partial charge is 0.413 e. The van der Waals surface area contributed by atoms with Crippen LogP contribution in [-0.4, -0.2) is 80.6 Å². The second kappa shape index (κ2) is 11.3. The van der Waals surface area contributed by atoms with Gasteiger partial charge < -0.3 is 15.4 Å². The standard InChI is InChI=1S/C26H38F5N5O/c1-15(36-5-7-37-8-6-36)34-17-3-2-4-18(10-17)35-24-11-19(22(12-23(24)28)26(29,30)31)21-14-33-25-20(21)9-16(27)13-32-25/h9,14-15,17-18,20,23-25,32-35H,2-8,10-13H2,1H3/t15?,17?,18-,20?,23?,24?,25?/m1/s1. The Morgan fingerprint density at radius 1 is 1.14 bits per heavy atom. The molecule has 3 heterocycles. The monoisotopic (exact) mass is 531 g/mol. The molecule has 6 nitrogen and oxygen atoms in total. The van der Waals surface area contributed by atoms with Crippen LogP contribution in [0.4, 0.5) is 22.0 Å². The van der Waals surface area contributed by atoms with Crippen LogP contribution < -0.4 is 21.3 Å². The van der Waals surface area contributed by atoms with E-state index in [2.05, 4.69) is 33.1 Å². The van der Waals surface area contributed by atoms with Gasteiger partial charge in [-0.1, -0.05) is 6.42 Å². The summed E-state index contributed by atoms with van der Waals surface area (Å²) in [6.07, 6.45) is -0.599. The third kappa shape index (κ3) is 6.21. The minimum Gasteiger partial charge on any atom is -0.379 e. The number of rotatable bonds is 6. The number of hydrogen-bond donors (Lipinski definition) is 4. The van der Waals surface area contributed by atoms with E-state index in [1.54, 1.807) is 6.20 Å². The van der Waals surface area contributed by atoms with Crippen LogP contribution in [0.15, 0.2) is 34.8 Å². The van der Waals surface area contributed by atoms with E-state index in [0.717, 1.165) is 52.0 Å². The average Bonchev–Trinajstić information content (AvgIpc) is 3.28. The number of hydrogen-bond acceptors (Lipinski definition) is 6. The molecular weight excluding hydrogens is 493 g/mol. The number of fused-ring (bicyclic) bond motifs is 1. The van der Waals surface area contributed by atoms with Crippen molar-refractivity contribution in [2.24, 2.45) is 5.92 Å². The van der Waals surface area contributed by atoms with Crippen molar-refractivity contribution >= 4 is 0 Å². The SMILES string of the molecule is CC(NC1CCC[C@@H](NC2CC(C3=CNC4NCC(F)=CC34)=C(C(F)(F)F)CC2F)C1)N1CCOCC1. The highest BCUT2D eigenvalue weighted by Crippen LogP contribution is 2.45. The molecule has 37 heavy (non-hydrogen) atoms. The maximum absolute atomic E-state index is 15.2. The zero-order chi connectivity index (χ0) is 26.2. The van der Waals surface area contributed by atoms with E-state index in [9.17, 15) is 17.6 Å². The minimum absolute atomic E-state index is 0.0252. The highest BCUT2D eigenvalue weighted by Gasteiger charge is 2.46. The highest BCUT2D eigenvalue weighted by molar-refractivity contribution is 5.46. The van der Waals surface area contributed by atoms with Crippen LogP contribution >= 0.6 is 0 Å². The van der Waals surface area contributed by atoms with Gasteiger partial charge in [0.1, 0.15) is 12.0 Å². The Morgan fingerprint density at radius 3 is 2.65 bits per heavy atom. The average molecular weight is 532 g/mol. The van der Waals surface area contributed by atoms with E-state index in [1.165, 1.54) is 6.08 Å². The maximum Gasteiger partial charge on any atom is 0.413 e. The third-order valence-electron chi connectivity index (χ3n) is 8.50. The van der Waals surface area contributed by atoms with Gasteiger partial charge in [-0.05, 0) is 49.8 Å². The lowest BCUT2D eigenvalue weighted by Gasteiger charge is -2.40. The molecule has 0 amide bonds. The predicted octanol–water partition coefficient (Wildman–Crippen LogP) is 3.40. The number of nitrogens with one attached hydrogen (secondary N) is 4. The zero-order valence-corrected chi connectivity index (χ0v) is 21.2. The van der Waals surface area contributed by atoms with Crippen LogP contribution in [-0.2, 0) is 4.74 Å². The molecule has 0 aromatic heterocycles. The fourth-order valence-electron chi connectivity index (χ4n) is 6.56. The Kier molecular flexibility index (Phi) is 8.26. The van der Waals surface area contributed by atoms with Crippen molar-refractivity contribution in [3.8, 4) is 0 Å². The number of allylic oxidation sites excluding steroid dienone is 1. The van der Waals surface area contributed by atoms with E-state index < -0.39 is 42.1 Å². The molecule has 0 bridgehead atoms. The Bertz CT molecular complexity index is 916. The van der Waals surface area contributed by atoms with Gasteiger partial charge in [0, 0.05) is 61.9 Å². The number of nitrogens with zero attached hydrogens (tertiary/aromatic N) is 1. The third-order valence-corrected chi connectivity index (χ3v) is 8.50. The lowest BCUT2D eigenvalue weighted by Crippen LogP contribution is -2.55. The van der Waals surface area contributed by atoms with Crippen LogP contribution in [0.3, 0.4) is 0 Å². The lowest BCUT2D eigenvalue weighted by molar-refractivity contribution is -0.0985. The number of morpholine rings is 1. The summed E-state index contributed by atoms with van der Waals surface area (Å²) in [5.74, 6) is -0.950. The smallest absolute Gasteiger partial charge is 0.379 e. The molecule has 0 spiro atoms. The Hall–Kier alpha value is -1.53. The molecule has 6 unspecified atom stereocenters. The fraction of sp³-hybridized carbons (Fsp3) is 0.769. The molecule has 3 aliphatic heterocycles. The first-order valence-corrected chi connectivity index (χ1v) is 13.5. The van der Waals surface area contributed by atoms with Gasteiger partial charge in [-0.15, -0.1) is 0 Å². The molecule has 1 saturated carbocycles. The normalized spacial score (nSPS) is 36.5. The van der Waals surface area contributed by atoms with Crippen molar-refractivity contribution in [2.75, 3.05) is 32.8 Å². The van der Waals surface area contributed by atoms with Crippen molar-refractivity contribution in [3.05, 3.63) is 34.8 Å². The summed E-state index contributed by atoms with van der Waals surface area (Å²) in [6.45, 7) is 5.39. The highest BCUT2D eigenvalue weighted by atomic mass is 19.4. The molecule has 7 atom stereocenters. The number of alkyl halides is 4. The van der Waals surface area contributed by atoms with Crippen LogP contribution in [0.25, 0.3) is 0 Å². The Labute approximate surface area is 215 Å². The van der Waals surface area contributed by atoms with Gasteiger partial charge in [-0.25, -0.2) is 8.78 Å². The van der Waals surface area contributed by atoms with Crippen LogP contribution in [0.1, 0.15) is 45.4 Å². The van der Waals surface area contributed by atoms with E-state index in [0.29, 0.717) is 5.57 Å². The van der Waals surface area contributed by atoms with Crippen molar-refractivity contribution in [1.29, 1.82) is 0 Å². The second-order valence-corrected chi connectivity index (χ2v) is 11.0. The zero-order valence-electron chi connectivity index (χ0n) is 21.2. The van der Waals surface area contributed by atoms with Crippen LogP contribution in [0.2, 0.25) is 0 Å². The molecule has 2 fully saturated rings. The van der Waals surface area contributed by atoms with Crippen LogP contribution in [0.5, 0.6) is 0 Å². The summed E-state index contributed by atoms with van der Waals surface area (Å²) < 4.78 is 76.7. The van der Waals surface area contributed by atoms with Gasteiger partial charge >= 0.3 is 6.18 Å². The van der Waals surface area contributed by atoms with Gasteiger partial charge in [-0.2, -0.15) is 13.2 Å². The molecule has 0 aromatic rings. The summed E-state index contributed by atoms with van der Waals surface area (Å²) in [5.41, 5.74) is -0.326. The first-order chi connectivity index (χ1) is 17.7. The van der Waals surface area contributed by atoms with Gasteiger partial charge in [-0.3, -0.25) is 15.5 Å². The molecule has 208 valence electrons. The Morgan fingerprint density at radius 2 is 1.89 bits per heavy atom. The Balaban J connectivity index is 1.27. The summed E-state index contributed by atoms with van der Waals surface area (Å²) in [5, 5.41) is 13.1. The first-order valence-electron chi connectivity index (χ1n) is 13.5. The van der Waals surface area contributed by atoms with Gasteiger partial charge in [0.2, 0.25) is 0 Å². The summed E-state index contributed by atoms with van der Waals surface area (Å²) in [6, 6.07) is -0.431. The molecule has 5 aliphatic rings. The topological polar surface area (TPSA) is 60.6 Å². The van der Waals surface area contributed by atoms with E-state index >= 15 is 4.39 Å². The molecule has 11 heteroatoms. The van der Waals surface area contributed by atoms with Crippen molar-refractivity contribution < 1.29 is 26.7 Å². The first kappa shape index (κ1) is 27.1. The molecular formula is C26H38F5N5O. The predicted molar refractivity (Wildman–Crippen MR) is 131 cm³/mol. The lowest BCUT2D eigenvalue weighted by atomic mass is 9.78. The van der Waals surface area contributed by atoms with Crippen molar-refractivity contribution in [3.63, 3.8) is 0 Å². The molecule has 5 rings (SSSR count). The second-order valence-electron chi connectivity index (χ2n) is 11.0. The number of ether oxygens (including phenoxy) is 1. The summed E-state index contributed by atoms with van der Waals surface area (Å²) >= 11 is 0. The molecule has 4 N–H and O–H groups in total. The van der Waals surface area contributed by atoms with Crippen molar-refractivity contribution in [2.45, 2.75) is 88.3 Å². The number of halogens is 5. The summed E-state index contributed by atoms with van der Waals surface area (Å²) in [4.78, 5) is 2.35. The fourth-order valence-corrected chi connectivity index (χ4v) is 6.56.